The van der Waals surface area contributed by atoms with Gasteiger partial charge in [0.15, 0.2) is 5.96 Å². The number of aliphatic imine (C=N–C) groups is 1. The minimum Gasteiger partial charge on any atom is -0.357 e. The Labute approximate surface area is 177 Å². The number of nitrogens with zero attached hydrogens (tertiary/aromatic N) is 4. The van der Waals surface area contributed by atoms with Gasteiger partial charge in [-0.3, -0.25) is 9.67 Å². The van der Waals surface area contributed by atoms with E-state index in [4.69, 9.17) is 4.99 Å². The molecule has 1 unspecified atom stereocenters. The Kier molecular flexibility index (Phi) is 8.77. The summed E-state index contributed by atoms with van der Waals surface area (Å²) in [5, 5.41) is 7.75. The van der Waals surface area contributed by atoms with Crippen LogP contribution in [0, 0.1) is 0 Å². The van der Waals surface area contributed by atoms with E-state index < -0.39 is 0 Å². The standard InChI is InChI=1S/C19H27N5S.HI/c1-3-20-19(21-10-12-25-18-7-5-4-6-8-18)24-11-9-16(15-24)17-13-22-23(2)14-17;/h4-8,13-14,16H,3,9-12,15H2,1-2H3,(H,20,21);1H. The molecule has 2 aromatic rings. The van der Waals surface area contributed by atoms with Crippen LogP contribution >= 0.6 is 35.7 Å². The molecule has 1 aliphatic heterocycles. The predicted molar refractivity (Wildman–Crippen MR) is 121 cm³/mol. The number of hydrogen-bond acceptors (Lipinski definition) is 3. The number of rotatable bonds is 6. The normalized spacial score (nSPS) is 17.2. The van der Waals surface area contributed by atoms with E-state index in [0.717, 1.165) is 44.3 Å². The maximum absolute atomic E-state index is 4.83. The highest BCUT2D eigenvalue weighted by atomic mass is 127. The van der Waals surface area contributed by atoms with Gasteiger partial charge < -0.3 is 10.2 Å². The van der Waals surface area contributed by atoms with Crippen LogP contribution in [0.4, 0.5) is 0 Å². The first-order chi connectivity index (χ1) is 12.3. The van der Waals surface area contributed by atoms with Crippen LogP contribution < -0.4 is 5.32 Å². The number of likely N-dealkylation sites (tertiary alicyclic amines) is 1. The van der Waals surface area contributed by atoms with Crippen molar-refractivity contribution in [1.82, 2.24) is 20.0 Å². The van der Waals surface area contributed by atoms with Gasteiger partial charge in [-0.05, 0) is 31.0 Å². The molecule has 1 aliphatic rings. The molecule has 0 spiro atoms. The van der Waals surface area contributed by atoms with E-state index in [1.54, 1.807) is 0 Å². The smallest absolute Gasteiger partial charge is 0.193 e. The molecule has 2 heterocycles. The number of nitrogens with one attached hydrogen (secondary N) is 1. The van der Waals surface area contributed by atoms with E-state index in [0.29, 0.717) is 5.92 Å². The maximum Gasteiger partial charge on any atom is 0.193 e. The van der Waals surface area contributed by atoms with Crippen molar-refractivity contribution in [2.45, 2.75) is 24.2 Å². The van der Waals surface area contributed by atoms with Crippen molar-refractivity contribution in [3.8, 4) is 0 Å². The van der Waals surface area contributed by atoms with Crippen molar-refractivity contribution in [2.75, 3.05) is 31.9 Å². The fourth-order valence-corrected chi connectivity index (χ4v) is 3.90. The van der Waals surface area contributed by atoms with E-state index in [2.05, 4.69) is 58.8 Å². The summed E-state index contributed by atoms with van der Waals surface area (Å²) in [4.78, 5) is 8.52. The largest absolute Gasteiger partial charge is 0.357 e. The van der Waals surface area contributed by atoms with Crippen LogP contribution in [0.1, 0.15) is 24.8 Å². The maximum atomic E-state index is 4.83. The SMILES string of the molecule is CCNC(=NCCSc1ccccc1)N1CCC(c2cnn(C)c2)C1.I. The number of halogens is 1. The zero-order valence-corrected chi connectivity index (χ0v) is 18.6. The molecule has 26 heavy (non-hydrogen) atoms. The molecule has 0 radical (unpaired) electrons. The van der Waals surface area contributed by atoms with Crippen molar-refractivity contribution in [3.63, 3.8) is 0 Å². The first-order valence-electron chi connectivity index (χ1n) is 8.96. The molecule has 3 rings (SSSR count). The Bertz CT molecular complexity index is 688. The Morgan fingerprint density at radius 3 is 2.85 bits per heavy atom. The quantitative estimate of drug-likeness (QED) is 0.223. The van der Waals surface area contributed by atoms with Crippen molar-refractivity contribution >= 4 is 41.7 Å². The van der Waals surface area contributed by atoms with E-state index in [-0.39, 0.29) is 24.0 Å². The molecule has 142 valence electrons. The Hall–Kier alpha value is -1.22. The third-order valence-corrected chi connectivity index (χ3v) is 5.38. The van der Waals surface area contributed by atoms with Gasteiger partial charge >= 0.3 is 0 Å². The van der Waals surface area contributed by atoms with Crippen LogP contribution in [0.15, 0.2) is 52.6 Å². The first-order valence-corrected chi connectivity index (χ1v) is 9.94. The number of guanidine groups is 1. The average molecular weight is 485 g/mol. The van der Waals surface area contributed by atoms with Gasteiger partial charge in [0, 0.05) is 49.4 Å². The molecule has 1 aromatic heterocycles. The van der Waals surface area contributed by atoms with E-state index in [9.17, 15) is 0 Å². The molecular formula is C19H28IN5S. The fraction of sp³-hybridized carbons (Fsp3) is 0.474. The van der Waals surface area contributed by atoms with Crippen LogP contribution in [-0.4, -0.2) is 52.6 Å². The number of aryl methyl sites for hydroxylation is 1. The lowest BCUT2D eigenvalue weighted by atomic mass is 10.0. The third-order valence-electron chi connectivity index (χ3n) is 4.38. The molecule has 0 aliphatic carbocycles. The van der Waals surface area contributed by atoms with Crippen molar-refractivity contribution in [1.29, 1.82) is 0 Å². The summed E-state index contributed by atoms with van der Waals surface area (Å²) in [6, 6.07) is 10.5. The Balaban J connectivity index is 0.00000243. The average Bonchev–Trinajstić information content (AvgIpc) is 3.27. The van der Waals surface area contributed by atoms with Gasteiger partial charge in [-0.25, -0.2) is 0 Å². The molecule has 0 saturated carbocycles. The summed E-state index contributed by atoms with van der Waals surface area (Å²) in [7, 11) is 1.98. The van der Waals surface area contributed by atoms with Crippen molar-refractivity contribution in [3.05, 3.63) is 48.3 Å². The zero-order valence-electron chi connectivity index (χ0n) is 15.5. The van der Waals surface area contributed by atoms with E-state index >= 15 is 0 Å². The summed E-state index contributed by atoms with van der Waals surface area (Å²) in [6.45, 7) is 5.93. The van der Waals surface area contributed by atoms with E-state index in [1.165, 1.54) is 10.5 Å². The number of benzene rings is 1. The second kappa shape index (κ2) is 10.8. The van der Waals surface area contributed by atoms with Gasteiger partial charge in [-0.2, -0.15) is 5.10 Å². The summed E-state index contributed by atoms with van der Waals surface area (Å²) in [6.07, 6.45) is 5.29. The molecule has 7 heteroatoms. The molecule has 1 atom stereocenters. The number of aromatic nitrogens is 2. The lowest BCUT2D eigenvalue weighted by Crippen LogP contribution is -2.40. The van der Waals surface area contributed by atoms with Gasteiger partial charge in [0.05, 0.1) is 12.7 Å². The zero-order chi connectivity index (χ0) is 17.5. The van der Waals surface area contributed by atoms with Gasteiger partial charge in [-0.15, -0.1) is 35.7 Å². The van der Waals surface area contributed by atoms with Crippen LogP contribution in [0.25, 0.3) is 0 Å². The highest BCUT2D eigenvalue weighted by Crippen LogP contribution is 2.26. The molecule has 1 N–H and O–H groups in total. The summed E-state index contributed by atoms with van der Waals surface area (Å²) >= 11 is 1.86. The molecular weight excluding hydrogens is 457 g/mol. The van der Waals surface area contributed by atoms with Crippen LogP contribution in [0.3, 0.4) is 0 Å². The summed E-state index contributed by atoms with van der Waals surface area (Å²) in [5.41, 5.74) is 1.33. The molecule has 1 aromatic carbocycles. The predicted octanol–water partition coefficient (Wildman–Crippen LogP) is 3.59. The van der Waals surface area contributed by atoms with Gasteiger partial charge in [-0.1, -0.05) is 18.2 Å². The lowest BCUT2D eigenvalue weighted by Gasteiger charge is -2.21. The molecule has 1 fully saturated rings. The van der Waals surface area contributed by atoms with Crippen molar-refractivity contribution < 1.29 is 0 Å². The van der Waals surface area contributed by atoms with Crippen LogP contribution in [-0.2, 0) is 7.05 Å². The number of hydrogen-bond donors (Lipinski definition) is 1. The highest BCUT2D eigenvalue weighted by Gasteiger charge is 2.26. The van der Waals surface area contributed by atoms with Crippen molar-refractivity contribution in [2.24, 2.45) is 12.0 Å². The Morgan fingerprint density at radius 1 is 1.35 bits per heavy atom. The minimum absolute atomic E-state index is 0. The monoisotopic (exact) mass is 485 g/mol. The summed E-state index contributed by atoms with van der Waals surface area (Å²) < 4.78 is 1.89. The second-order valence-electron chi connectivity index (χ2n) is 6.28. The minimum atomic E-state index is 0. The molecule has 0 bridgehead atoms. The topological polar surface area (TPSA) is 45.5 Å². The fourth-order valence-electron chi connectivity index (χ4n) is 3.13. The molecule has 5 nitrogen and oxygen atoms in total. The lowest BCUT2D eigenvalue weighted by molar-refractivity contribution is 0.487. The summed E-state index contributed by atoms with van der Waals surface area (Å²) in [5.74, 6) is 2.59. The molecule has 1 saturated heterocycles. The van der Waals surface area contributed by atoms with E-state index in [1.807, 2.05) is 29.7 Å². The van der Waals surface area contributed by atoms with Crippen LogP contribution in [0.5, 0.6) is 0 Å². The van der Waals surface area contributed by atoms with Gasteiger partial charge in [0.25, 0.3) is 0 Å². The van der Waals surface area contributed by atoms with Crippen LogP contribution in [0.2, 0.25) is 0 Å². The second-order valence-corrected chi connectivity index (χ2v) is 7.44. The van der Waals surface area contributed by atoms with Gasteiger partial charge in [0.2, 0.25) is 0 Å². The molecule has 0 amide bonds. The third kappa shape index (κ3) is 5.90. The number of thioether (sulfide) groups is 1. The Morgan fingerprint density at radius 2 is 2.15 bits per heavy atom. The van der Waals surface area contributed by atoms with Gasteiger partial charge in [0.1, 0.15) is 0 Å². The first kappa shape index (κ1) is 21.1. The highest BCUT2D eigenvalue weighted by molar-refractivity contribution is 14.0.